The quantitative estimate of drug-likeness (QED) is 0.614. The van der Waals surface area contributed by atoms with E-state index in [-0.39, 0.29) is 12.3 Å². The van der Waals surface area contributed by atoms with Crippen LogP contribution in [0.4, 0.5) is 0 Å². The topological polar surface area (TPSA) is 149 Å². The van der Waals surface area contributed by atoms with Crippen LogP contribution in [0.25, 0.3) is 0 Å². The Morgan fingerprint density at radius 1 is 1.28 bits per heavy atom. The summed E-state index contributed by atoms with van der Waals surface area (Å²) in [6, 6.07) is 0. The number of H-pyrrole nitrogens is 1. The summed E-state index contributed by atoms with van der Waals surface area (Å²) in [6.07, 6.45) is 1.69. The normalized spacial score (nSPS) is 12.6. The summed E-state index contributed by atoms with van der Waals surface area (Å²) in [5.74, 6) is -0.372. The Bertz CT molecular complexity index is 770. The van der Waals surface area contributed by atoms with Crippen molar-refractivity contribution in [3.8, 4) is 0 Å². The van der Waals surface area contributed by atoms with Crippen molar-refractivity contribution < 1.29 is 16.8 Å². The average Bonchev–Trinajstić information content (AvgIpc) is 2.12. The van der Waals surface area contributed by atoms with Gasteiger partial charge in [0, 0.05) is 19.0 Å². The number of hydrogen-bond donors (Lipinski definition) is 2. The molecule has 0 fully saturated rings. The molecule has 1 aromatic heterocycles. The molecule has 9 nitrogen and oxygen atoms in total. The molecule has 0 spiro atoms. The predicted molar refractivity (Wildman–Crippen MR) is 62.4 cm³/mol. The van der Waals surface area contributed by atoms with Crippen molar-refractivity contribution in [3.05, 3.63) is 27.0 Å². The molecule has 11 heteroatoms. The lowest BCUT2D eigenvalue weighted by Gasteiger charge is -2.05. The zero-order chi connectivity index (χ0) is 14.1. The summed E-state index contributed by atoms with van der Waals surface area (Å²) in [6.45, 7) is -0.281. The molecular formula is C7H11N3O6S2. The Labute approximate surface area is 102 Å². The van der Waals surface area contributed by atoms with E-state index in [1.165, 1.54) is 0 Å². The van der Waals surface area contributed by atoms with Gasteiger partial charge >= 0.3 is 5.69 Å². The summed E-state index contributed by atoms with van der Waals surface area (Å²) < 4.78 is 44.7. The molecule has 1 heterocycles. The highest BCUT2D eigenvalue weighted by atomic mass is 32.2. The van der Waals surface area contributed by atoms with Gasteiger partial charge in [0.2, 0.25) is 10.0 Å². The Kier molecular flexibility index (Phi) is 3.78. The van der Waals surface area contributed by atoms with Gasteiger partial charge in [-0.2, -0.15) is 0 Å². The third-order valence-corrected chi connectivity index (χ3v) is 3.82. The molecule has 1 aromatic rings. The summed E-state index contributed by atoms with van der Waals surface area (Å²) in [4.78, 5) is 23.5. The molecule has 0 aliphatic carbocycles. The van der Waals surface area contributed by atoms with Crippen LogP contribution in [0.1, 0.15) is 0 Å². The van der Waals surface area contributed by atoms with Crippen LogP contribution in [0.3, 0.4) is 0 Å². The number of aromatic amines is 1. The van der Waals surface area contributed by atoms with Crippen molar-refractivity contribution in [2.45, 2.75) is 11.4 Å². The molecule has 0 amide bonds. The molecule has 0 atom stereocenters. The van der Waals surface area contributed by atoms with Crippen LogP contribution in [-0.2, 0) is 26.4 Å². The number of aryl methyl sites for hydroxylation is 1. The van der Waals surface area contributed by atoms with Gasteiger partial charge in [0.1, 0.15) is 9.84 Å². The second kappa shape index (κ2) is 4.66. The minimum Gasteiger partial charge on any atom is -0.298 e. The first kappa shape index (κ1) is 14.6. The van der Waals surface area contributed by atoms with Gasteiger partial charge in [0.15, 0.2) is 4.90 Å². The maximum atomic E-state index is 11.3. The number of nitrogens with zero attached hydrogens (tertiary/aromatic N) is 1. The lowest BCUT2D eigenvalue weighted by molar-refractivity contribution is 0.584. The second-order valence-corrected chi connectivity index (χ2v) is 7.41. The molecule has 0 aliphatic heterocycles. The predicted octanol–water partition coefficient (Wildman–Crippen LogP) is -2.77. The van der Waals surface area contributed by atoms with Crippen LogP contribution in [0.2, 0.25) is 0 Å². The fraction of sp³-hybridized carbons (Fsp3) is 0.429. The number of rotatable bonds is 4. The van der Waals surface area contributed by atoms with Gasteiger partial charge in [-0.3, -0.25) is 14.3 Å². The zero-order valence-corrected chi connectivity index (χ0v) is 10.9. The number of hydrogen-bond acceptors (Lipinski definition) is 6. The number of primary sulfonamides is 1. The van der Waals surface area contributed by atoms with Crippen LogP contribution in [0.15, 0.2) is 20.7 Å². The van der Waals surface area contributed by atoms with E-state index in [0.29, 0.717) is 0 Å². The molecule has 18 heavy (non-hydrogen) atoms. The Hall–Kier alpha value is -1.46. The van der Waals surface area contributed by atoms with Crippen LogP contribution in [0.5, 0.6) is 0 Å². The van der Waals surface area contributed by atoms with E-state index in [9.17, 15) is 26.4 Å². The maximum Gasteiger partial charge on any atom is 0.328 e. The van der Waals surface area contributed by atoms with Gasteiger partial charge in [0.25, 0.3) is 5.56 Å². The number of nitrogens with two attached hydrogens (primary N) is 1. The van der Waals surface area contributed by atoms with E-state index in [2.05, 4.69) is 0 Å². The molecule has 0 radical (unpaired) electrons. The van der Waals surface area contributed by atoms with Gasteiger partial charge < -0.3 is 0 Å². The van der Waals surface area contributed by atoms with Gasteiger partial charge in [-0.05, 0) is 0 Å². The lowest BCUT2D eigenvalue weighted by atomic mass is 10.6. The van der Waals surface area contributed by atoms with E-state index in [0.717, 1.165) is 17.0 Å². The molecule has 0 aliphatic rings. The minimum absolute atomic E-state index is 0.281. The van der Waals surface area contributed by atoms with Crippen molar-refractivity contribution >= 4 is 19.9 Å². The smallest absolute Gasteiger partial charge is 0.298 e. The highest BCUT2D eigenvalue weighted by molar-refractivity contribution is 7.90. The summed E-state index contributed by atoms with van der Waals surface area (Å²) >= 11 is 0. The molecule has 0 bridgehead atoms. The molecule has 0 saturated carbocycles. The molecule has 0 aromatic carbocycles. The van der Waals surface area contributed by atoms with Crippen LogP contribution < -0.4 is 16.4 Å². The van der Waals surface area contributed by atoms with Gasteiger partial charge in [-0.1, -0.05) is 0 Å². The Morgan fingerprint density at radius 2 is 1.83 bits per heavy atom. The van der Waals surface area contributed by atoms with Gasteiger partial charge in [0.05, 0.1) is 5.75 Å². The molecule has 0 saturated heterocycles. The van der Waals surface area contributed by atoms with E-state index >= 15 is 0 Å². The van der Waals surface area contributed by atoms with E-state index in [4.69, 9.17) is 5.14 Å². The van der Waals surface area contributed by atoms with E-state index < -0.39 is 36.0 Å². The van der Waals surface area contributed by atoms with Crippen molar-refractivity contribution in [3.63, 3.8) is 0 Å². The van der Waals surface area contributed by atoms with Crippen LogP contribution in [-0.4, -0.2) is 38.4 Å². The lowest BCUT2D eigenvalue weighted by Crippen LogP contribution is -2.35. The first-order chi connectivity index (χ1) is 8.00. The first-order valence-corrected chi connectivity index (χ1v) is 8.16. The van der Waals surface area contributed by atoms with Gasteiger partial charge in [-0.25, -0.2) is 26.8 Å². The van der Waals surface area contributed by atoms with Crippen molar-refractivity contribution in [2.24, 2.45) is 5.14 Å². The summed E-state index contributed by atoms with van der Waals surface area (Å²) in [5, 5.41) is 4.78. The molecular weight excluding hydrogens is 286 g/mol. The highest BCUT2D eigenvalue weighted by Crippen LogP contribution is 1.96. The number of aromatic nitrogens is 2. The Balaban J connectivity index is 3.31. The molecule has 3 N–H and O–H groups in total. The average molecular weight is 297 g/mol. The molecule has 102 valence electrons. The second-order valence-electron chi connectivity index (χ2n) is 3.62. The monoisotopic (exact) mass is 297 g/mol. The van der Waals surface area contributed by atoms with E-state index in [1.54, 1.807) is 4.98 Å². The third-order valence-electron chi connectivity index (χ3n) is 1.99. The van der Waals surface area contributed by atoms with Crippen molar-refractivity contribution in [1.29, 1.82) is 0 Å². The fourth-order valence-electron chi connectivity index (χ4n) is 1.12. The van der Waals surface area contributed by atoms with Crippen molar-refractivity contribution in [1.82, 2.24) is 9.55 Å². The minimum atomic E-state index is -4.28. The SMILES string of the molecule is CS(=O)(=O)CCn1cc(S(N)(=O)=O)c(=O)[nH]c1=O. The van der Waals surface area contributed by atoms with Crippen LogP contribution >= 0.6 is 0 Å². The fourth-order valence-corrected chi connectivity index (χ4v) is 2.23. The largest absolute Gasteiger partial charge is 0.328 e. The summed E-state index contributed by atoms with van der Waals surface area (Å²) in [7, 11) is -7.61. The standard InChI is InChI=1S/C7H11N3O6S2/c1-17(13,14)3-2-10-4-5(18(8,15)16)6(11)9-7(10)12/h4H,2-3H2,1H3,(H2,8,15,16)(H,9,11,12). The Morgan fingerprint density at radius 3 is 2.28 bits per heavy atom. The zero-order valence-electron chi connectivity index (χ0n) is 9.28. The molecule has 0 unspecified atom stereocenters. The van der Waals surface area contributed by atoms with Crippen molar-refractivity contribution in [2.75, 3.05) is 12.0 Å². The number of sulfone groups is 1. The summed E-state index contributed by atoms with van der Waals surface area (Å²) in [5.41, 5.74) is -2.05. The maximum absolute atomic E-state index is 11.3. The van der Waals surface area contributed by atoms with Gasteiger partial charge in [-0.15, -0.1) is 0 Å². The third kappa shape index (κ3) is 3.78. The van der Waals surface area contributed by atoms with E-state index in [1.807, 2.05) is 0 Å². The number of sulfonamides is 1. The first-order valence-electron chi connectivity index (χ1n) is 4.55. The number of nitrogens with one attached hydrogen (secondary N) is 1. The van der Waals surface area contributed by atoms with Crippen LogP contribution in [0, 0.1) is 0 Å². The highest BCUT2D eigenvalue weighted by Gasteiger charge is 2.16. The molecule has 1 rings (SSSR count).